The zero-order chi connectivity index (χ0) is 11.5. The van der Waals surface area contributed by atoms with Crippen molar-refractivity contribution in [3.63, 3.8) is 0 Å². The van der Waals surface area contributed by atoms with Crippen molar-refractivity contribution in [2.45, 2.75) is 31.7 Å². The number of halogens is 1. The molecular weight excluding hydrogens is 209 g/mol. The third-order valence-electron chi connectivity index (χ3n) is 2.85. The first-order chi connectivity index (χ1) is 7.65. The van der Waals surface area contributed by atoms with E-state index in [1.165, 1.54) is 18.6 Å². The Labute approximate surface area is 93.3 Å². The van der Waals surface area contributed by atoms with Crippen LogP contribution < -0.4 is 5.32 Å². The molecule has 0 bridgehead atoms. The lowest BCUT2D eigenvalue weighted by molar-refractivity contribution is -0.121. The van der Waals surface area contributed by atoms with E-state index in [2.05, 4.69) is 5.32 Å². The number of nitrogens with one attached hydrogen (secondary N) is 1. The van der Waals surface area contributed by atoms with Gasteiger partial charge < -0.3 is 10.4 Å². The molecule has 1 amide bonds. The topological polar surface area (TPSA) is 49.3 Å². The van der Waals surface area contributed by atoms with Crippen LogP contribution in [0.1, 0.15) is 24.8 Å². The van der Waals surface area contributed by atoms with Crippen LogP contribution in [0.4, 0.5) is 4.39 Å². The molecule has 1 aromatic carbocycles. The van der Waals surface area contributed by atoms with Crippen molar-refractivity contribution in [3.05, 3.63) is 29.6 Å². The Morgan fingerprint density at radius 3 is 2.81 bits per heavy atom. The maximum Gasteiger partial charge on any atom is 0.224 e. The van der Waals surface area contributed by atoms with Gasteiger partial charge in [-0.15, -0.1) is 0 Å². The first-order valence-electron chi connectivity index (χ1n) is 5.42. The van der Waals surface area contributed by atoms with Crippen LogP contribution in [0.2, 0.25) is 0 Å². The zero-order valence-electron chi connectivity index (χ0n) is 8.87. The molecule has 1 aliphatic rings. The molecule has 0 spiro atoms. The summed E-state index contributed by atoms with van der Waals surface area (Å²) >= 11 is 0. The number of carbonyl (C=O) groups excluding carboxylic acids is 1. The van der Waals surface area contributed by atoms with Crippen LogP contribution in [0.25, 0.3) is 0 Å². The molecule has 1 aromatic rings. The molecule has 16 heavy (non-hydrogen) atoms. The average Bonchev–Trinajstić information content (AvgIpc) is 2.18. The predicted octanol–water partition coefficient (Wildman–Crippen LogP) is 1.74. The number of phenols is 1. The standard InChI is InChI=1S/C12H14FNO2/c13-10-6-8(4-5-11(10)15)7-12(16)14-9-2-1-3-9/h4-6,9,15H,1-3,7H2,(H,14,16). The molecule has 1 fully saturated rings. The number of benzene rings is 1. The first-order valence-corrected chi connectivity index (χ1v) is 5.42. The quantitative estimate of drug-likeness (QED) is 0.820. The second-order valence-electron chi connectivity index (χ2n) is 4.16. The fraction of sp³-hybridized carbons (Fsp3) is 0.417. The maximum absolute atomic E-state index is 13.0. The second-order valence-corrected chi connectivity index (χ2v) is 4.16. The lowest BCUT2D eigenvalue weighted by atomic mass is 9.93. The molecule has 0 saturated heterocycles. The van der Waals surface area contributed by atoms with Crippen LogP contribution in [0.15, 0.2) is 18.2 Å². The molecule has 0 heterocycles. The highest BCUT2D eigenvalue weighted by Gasteiger charge is 2.19. The monoisotopic (exact) mass is 223 g/mol. The Hall–Kier alpha value is -1.58. The first kappa shape index (κ1) is 10.9. The number of aromatic hydroxyl groups is 1. The van der Waals surface area contributed by atoms with E-state index in [4.69, 9.17) is 5.11 Å². The average molecular weight is 223 g/mol. The van der Waals surface area contributed by atoms with Gasteiger partial charge in [-0.25, -0.2) is 4.39 Å². The summed E-state index contributed by atoms with van der Waals surface area (Å²) in [6.45, 7) is 0. The van der Waals surface area contributed by atoms with Crippen LogP contribution >= 0.6 is 0 Å². The highest BCUT2D eigenvalue weighted by Crippen LogP contribution is 2.19. The van der Waals surface area contributed by atoms with Crippen molar-refractivity contribution >= 4 is 5.91 Å². The Morgan fingerprint density at radius 2 is 2.25 bits per heavy atom. The number of carbonyl (C=O) groups is 1. The third-order valence-corrected chi connectivity index (χ3v) is 2.85. The van der Waals surface area contributed by atoms with Gasteiger partial charge in [0.15, 0.2) is 11.6 Å². The number of hydrogen-bond donors (Lipinski definition) is 2. The highest BCUT2D eigenvalue weighted by atomic mass is 19.1. The van der Waals surface area contributed by atoms with Gasteiger partial charge >= 0.3 is 0 Å². The predicted molar refractivity (Wildman–Crippen MR) is 57.6 cm³/mol. The molecule has 1 saturated carbocycles. The highest BCUT2D eigenvalue weighted by molar-refractivity contribution is 5.79. The minimum atomic E-state index is -0.686. The van der Waals surface area contributed by atoms with Gasteiger partial charge in [-0.1, -0.05) is 6.07 Å². The van der Waals surface area contributed by atoms with E-state index in [1.807, 2.05) is 0 Å². The molecule has 1 aliphatic carbocycles. The molecule has 3 nitrogen and oxygen atoms in total. The van der Waals surface area contributed by atoms with Crippen LogP contribution in [0.3, 0.4) is 0 Å². The maximum atomic E-state index is 13.0. The zero-order valence-corrected chi connectivity index (χ0v) is 8.87. The number of rotatable bonds is 3. The van der Waals surface area contributed by atoms with Crippen LogP contribution in [0, 0.1) is 5.82 Å². The van der Waals surface area contributed by atoms with Gasteiger partial charge in [0.2, 0.25) is 5.91 Å². The van der Waals surface area contributed by atoms with Crippen LogP contribution in [-0.4, -0.2) is 17.1 Å². The molecule has 86 valence electrons. The Balaban J connectivity index is 1.92. The lowest BCUT2D eigenvalue weighted by Gasteiger charge is -2.26. The van der Waals surface area contributed by atoms with Gasteiger partial charge in [0.25, 0.3) is 0 Å². The van der Waals surface area contributed by atoms with Crippen molar-refractivity contribution in [1.82, 2.24) is 5.32 Å². The number of amides is 1. The van der Waals surface area contributed by atoms with E-state index < -0.39 is 5.82 Å². The summed E-state index contributed by atoms with van der Waals surface area (Å²) in [6, 6.07) is 4.31. The molecule has 2 N–H and O–H groups in total. The van der Waals surface area contributed by atoms with Gasteiger partial charge in [0.05, 0.1) is 6.42 Å². The van der Waals surface area contributed by atoms with Gasteiger partial charge in [0, 0.05) is 6.04 Å². The molecule has 0 unspecified atom stereocenters. The summed E-state index contributed by atoms with van der Waals surface area (Å²) in [5.74, 6) is -1.16. The third kappa shape index (κ3) is 2.51. The van der Waals surface area contributed by atoms with E-state index in [1.54, 1.807) is 6.07 Å². The number of phenolic OH excluding ortho intramolecular Hbond substituents is 1. The molecule has 0 radical (unpaired) electrons. The smallest absolute Gasteiger partial charge is 0.224 e. The van der Waals surface area contributed by atoms with Crippen molar-refractivity contribution in [1.29, 1.82) is 0 Å². The summed E-state index contributed by atoms with van der Waals surface area (Å²) in [7, 11) is 0. The minimum absolute atomic E-state index is 0.0882. The summed E-state index contributed by atoms with van der Waals surface area (Å²) in [6.07, 6.45) is 3.40. The van der Waals surface area contributed by atoms with E-state index in [9.17, 15) is 9.18 Å². The van der Waals surface area contributed by atoms with Crippen molar-refractivity contribution in [2.75, 3.05) is 0 Å². The van der Waals surface area contributed by atoms with Crippen molar-refractivity contribution in [3.8, 4) is 5.75 Å². The second kappa shape index (κ2) is 4.51. The van der Waals surface area contributed by atoms with Gasteiger partial charge in [0.1, 0.15) is 0 Å². The largest absolute Gasteiger partial charge is 0.505 e. The Morgan fingerprint density at radius 1 is 1.50 bits per heavy atom. The SMILES string of the molecule is O=C(Cc1ccc(O)c(F)c1)NC1CCC1. The molecule has 4 heteroatoms. The summed E-state index contributed by atoms with van der Waals surface area (Å²) in [4.78, 5) is 11.5. The fourth-order valence-corrected chi connectivity index (χ4v) is 1.68. The van der Waals surface area contributed by atoms with E-state index in [0.29, 0.717) is 11.6 Å². The molecule has 0 atom stereocenters. The van der Waals surface area contributed by atoms with Gasteiger partial charge in [-0.05, 0) is 37.0 Å². The lowest BCUT2D eigenvalue weighted by Crippen LogP contribution is -2.40. The summed E-state index contributed by atoms with van der Waals surface area (Å²) in [5.41, 5.74) is 0.576. The van der Waals surface area contributed by atoms with Gasteiger partial charge in [-0.2, -0.15) is 0 Å². The molecule has 0 aliphatic heterocycles. The molecule has 2 rings (SSSR count). The van der Waals surface area contributed by atoms with E-state index in [0.717, 1.165) is 12.8 Å². The van der Waals surface area contributed by atoms with E-state index in [-0.39, 0.29) is 18.1 Å². The van der Waals surface area contributed by atoms with Crippen LogP contribution in [-0.2, 0) is 11.2 Å². The normalized spacial score (nSPS) is 15.6. The van der Waals surface area contributed by atoms with Gasteiger partial charge in [-0.3, -0.25) is 4.79 Å². The fourth-order valence-electron chi connectivity index (χ4n) is 1.68. The van der Waals surface area contributed by atoms with Crippen LogP contribution in [0.5, 0.6) is 5.75 Å². The Kier molecular flexibility index (Phi) is 3.08. The minimum Gasteiger partial charge on any atom is -0.505 e. The van der Waals surface area contributed by atoms with Crippen molar-refractivity contribution in [2.24, 2.45) is 0 Å². The number of hydrogen-bond acceptors (Lipinski definition) is 2. The van der Waals surface area contributed by atoms with Crippen molar-refractivity contribution < 1.29 is 14.3 Å². The Bertz CT molecular complexity index is 402. The van der Waals surface area contributed by atoms with E-state index >= 15 is 0 Å². The summed E-state index contributed by atoms with van der Waals surface area (Å²) < 4.78 is 13.0. The summed E-state index contributed by atoms with van der Waals surface area (Å²) in [5, 5.41) is 11.9. The molecular formula is C12H14FNO2. The molecule has 0 aromatic heterocycles.